The predicted molar refractivity (Wildman–Crippen MR) is 76.2 cm³/mol. The summed E-state index contributed by atoms with van der Waals surface area (Å²) in [5.74, 6) is -0.364. The number of benzene rings is 1. The topological polar surface area (TPSA) is 75.4 Å². The summed E-state index contributed by atoms with van der Waals surface area (Å²) in [6.07, 6.45) is 2.06. The average molecular weight is 301 g/mol. The minimum atomic E-state index is -3.71. The fourth-order valence-electron chi connectivity index (χ4n) is 2.49. The molecule has 3 N–H and O–H groups in total. The summed E-state index contributed by atoms with van der Waals surface area (Å²) in [7, 11) is -1.69. The highest BCUT2D eigenvalue weighted by molar-refractivity contribution is 7.89. The molecule has 1 unspecified atom stereocenters. The van der Waals surface area contributed by atoms with E-state index in [1.807, 2.05) is 7.05 Å². The van der Waals surface area contributed by atoms with Gasteiger partial charge in [0.25, 0.3) is 0 Å². The Morgan fingerprint density at radius 2 is 2.20 bits per heavy atom. The summed E-state index contributed by atoms with van der Waals surface area (Å²) < 4.78 is 40.0. The number of nitrogens with two attached hydrogens (primary N) is 1. The van der Waals surface area contributed by atoms with Gasteiger partial charge in [0, 0.05) is 18.8 Å². The number of sulfonamides is 1. The van der Waals surface area contributed by atoms with Gasteiger partial charge < -0.3 is 10.6 Å². The Kier molecular flexibility index (Phi) is 4.62. The number of piperidine rings is 1. The van der Waals surface area contributed by atoms with Gasteiger partial charge in [-0.25, -0.2) is 17.5 Å². The van der Waals surface area contributed by atoms with Crippen LogP contribution in [0.2, 0.25) is 0 Å². The second kappa shape index (κ2) is 6.07. The Balaban J connectivity index is 2.03. The lowest BCUT2D eigenvalue weighted by molar-refractivity contribution is 0.211. The Hall–Kier alpha value is -1.18. The van der Waals surface area contributed by atoms with Gasteiger partial charge in [-0.3, -0.25) is 0 Å². The molecule has 1 atom stereocenters. The van der Waals surface area contributed by atoms with Gasteiger partial charge >= 0.3 is 0 Å². The zero-order chi connectivity index (χ0) is 14.8. The van der Waals surface area contributed by atoms with Gasteiger partial charge in [-0.1, -0.05) is 0 Å². The first-order valence-electron chi connectivity index (χ1n) is 6.61. The second-order valence-corrected chi connectivity index (χ2v) is 7.11. The summed E-state index contributed by atoms with van der Waals surface area (Å²) in [6, 6.07) is 3.33. The first-order chi connectivity index (χ1) is 9.37. The molecule has 20 heavy (non-hydrogen) atoms. The molecule has 1 heterocycles. The molecule has 1 saturated heterocycles. The fourth-order valence-corrected chi connectivity index (χ4v) is 3.67. The average Bonchev–Trinajstić information content (AvgIpc) is 2.35. The molecule has 0 spiro atoms. The summed E-state index contributed by atoms with van der Waals surface area (Å²) in [4.78, 5) is 2.06. The van der Waals surface area contributed by atoms with Crippen molar-refractivity contribution in [1.82, 2.24) is 9.62 Å². The van der Waals surface area contributed by atoms with Crippen LogP contribution in [0.5, 0.6) is 0 Å². The van der Waals surface area contributed by atoms with Crippen LogP contribution in [0.3, 0.4) is 0 Å². The third-order valence-electron chi connectivity index (χ3n) is 3.49. The third kappa shape index (κ3) is 3.91. The van der Waals surface area contributed by atoms with Crippen molar-refractivity contribution in [3.05, 3.63) is 24.0 Å². The molecule has 1 aliphatic rings. The monoisotopic (exact) mass is 301 g/mol. The molecule has 1 fully saturated rings. The maximum absolute atomic E-state index is 13.2. The first-order valence-corrected chi connectivity index (χ1v) is 8.09. The number of rotatable bonds is 4. The molecule has 0 aliphatic carbocycles. The van der Waals surface area contributed by atoms with Crippen LogP contribution in [0.4, 0.5) is 10.1 Å². The fraction of sp³-hybridized carbons (Fsp3) is 0.538. The van der Waals surface area contributed by atoms with Crippen molar-refractivity contribution < 1.29 is 12.8 Å². The number of nitrogens with one attached hydrogen (secondary N) is 1. The van der Waals surface area contributed by atoms with E-state index in [1.165, 1.54) is 6.07 Å². The zero-order valence-corrected chi connectivity index (χ0v) is 12.3. The number of hydrogen-bond donors (Lipinski definition) is 2. The molecule has 0 saturated carbocycles. The number of likely N-dealkylation sites (tertiary alicyclic amines) is 1. The van der Waals surface area contributed by atoms with Gasteiger partial charge in [-0.05, 0) is 50.6 Å². The zero-order valence-electron chi connectivity index (χ0n) is 11.5. The standard InChI is InChI=1S/C13H20FN3O2S/c1-17-4-2-3-10(9-17)8-16-20(18,19)13-6-11(14)5-12(15)7-13/h5-7,10,16H,2-4,8-9,15H2,1H3. The van der Waals surface area contributed by atoms with E-state index < -0.39 is 15.8 Å². The van der Waals surface area contributed by atoms with Gasteiger partial charge in [0.2, 0.25) is 10.0 Å². The highest BCUT2D eigenvalue weighted by atomic mass is 32.2. The van der Waals surface area contributed by atoms with Gasteiger partial charge in [-0.15, -0.1) is 0 Å². The lowest BCUT2D eigenvalue weighted by Crippen LogP contribution is -2.39. The largest absolute Gasteiger partial charge is 0.399 e. The Morgan fingerprint density at radius 1 is 1.45 bits per heavy atom. The quantitative estimate of drug-likeness (QED) is 0.815. The van der Waals surface area contributed by atoms with Crippen molar-refractivity contribution in [2.75, 3.05) is 32.4 Å². The summed E-state index contributed by atoms with van der Waals surface area (Å²) >= 11 is 0. The summed E-state index contributed by atoms with van der Waals surface area (Å²) in [5, 5.41) is 0. The van der Waals surface area contributed by atoms with E-state index in [9.17, 15) is 12.8 Å². The lowest BCUT2D eigenvalue weighted by Gasteiger charge is -2.29. The van der Waals surface area contributed by atoms with Crippen LogP contribution >= 0.6 is 0 Å². The molecule has 0 bridgehead atoms. The van der Waals surface area contributed by atoms with E-state index in [-0.39, 0.29) is 16.5 Å². The smallest absolute Gasteiger partial charge is 0.240 e. The van der Waals surface area contributed by atoms with Gasteiger partial charge in [0.05, 0.1) is 4.90 Å². The molecule has 1 aromatic carbocycles. The van der Waals surface area contributed by atoms with E-state index in [1.54, 1.807) is 0 Å². The van der Waals surface area contributed by atoms with Crippen molar-refractivity contribution in [1.29, 1.82) is 0 Å². The van der Waals surface area contributed by atoms with E-state index in [4.69, 9.17) is 5.73 Å². The van der Waals surface area contributed by atoms with Crippen LogP contribution in [-0.2, 0) is 10.0 Å². The van der Waals surface area contributed by atoms with Crippen LogP contribution in [0.15, 0.2) is 23.1 Å². The highest BCUT2D eigenvalue weighted by Crippen LogP contribution is 2.18. The minimum absolute atomic E-state index is 0.0998. The molecule has 112 valence electrons. The van der Waals surface area contributed by atoms with Crippen molar-refractivity contribution in [2.24, 2.45) is 5.92 Å². The first kappa shape index (κ1) is 15.2. The Morgan fingerprint density at radius 3 is 2.85 bits per heavy atom. The van der Waals surface area contributed by atoms with Crippen LogP contribution in [0.25, 0.3) is 0 Å². The Bertz CT molecular complexity index is 557. The summed E-state index contributed by atoms with van der Waals surface area (Å²) in [6.45, 7) is 2.28. The van der Waals surface area contributed by atoms with Gasteiger partial charge in [0.1, 0.15) is 5.82 Å². The predicted octanol–water partition coefficient (Wildman–Crippen LogP) is 1.03. The van der Waals surface area contributed by atoms with E-state index in [0.717, 1.165) is 38.1 Å². The van der Waals surface area contributed by atoms with Gasteiger partial charge in [-0.2, -0.15) is 0 Å². The van der Waals surface area contributed by atoms with E-state index in [2.05, 4.69) is 9.62 Å². The van der Waals surface area contributed by atoms with Crippen molar-refractivity contribution in [3.8, 4) is 0 Å². The minimum Gasteiger partial charge on any atom is -0.399 e. The number of halogens is 1. The Labute approximate surface area is 119 Å². The molecule has 0 amide bonds. The molecule has 0 aromatic heterocycles. The normalized spacial score (nSPS) is 21.0. The highest BCUT2D eigenvalue weighted by Gasteiger charge is 2.21. The molecule has 2 rings (SSSR count). The van der Waals surface area contributed by atoms with Crippen LogP contribution in [0.1, 0.15) is 12.8 Å². The maximum Gasteiger partial charge on any atom is 0.240 e. The van der Waals surface area contributed by atoms with Crippen LogP contribution in [-0.4, -0.2) is 40.0 Å². The maximum atomic E-state index is 13.2. The third-order valence-corrected chi connectivity index (χ3v) is 4.89. The van der Waals surface area contributed by atoms with Crippen molar-refractivity contribution in [2.45, 2.75) is 17.7 Å². The molecule has 1 aliphatic heterocycles. The van der Waals surface area contributed by atoms with Gasteiger partial charge in [0.15, 0.2) is 0 Å². The molecule has 0 radical (unpaired) electrons. The van der Waals surface area contributed by atoms with Crippen LogP contribution in [0, 0.1) is 11.7 Å². The van der Waals surface area contributed by atoms with Crippen molar-refractivity contribution >= 4 is 15.7 Å². The summed E-state index contributed by atoms with van der Waals surface area (Å²) in [5.41, 5.74) is 5.57. The van der Waals surface area contributed by atoms with E-state index >= 15 is 0 Å². The second-order valence-electron chi connectivity index (χ2n) is 5.34. The number of nitrogens with zero attached hydrogens (tertiary/aromatic N) is 1. The lowest BCUT2D eigenvalue weighted by atomic mass is 9.99. The SMILES string of the molecule is CN1CCCC(CNS(=O)(=O)c2cc(N)cc(F)c2)C1. The molecule has 1 aromatic rings. The number of anilines is 1. The van der Waals surface area contributed by atoms with Crippen molar-refractivity contribution in [3.63, 3.8) is 0 Å². The van der Waals surface area contributed by atoms with E-state index in [0.29, 0.717) is 6.54 Å². The molecular formula is C13H20FN3O2S. The molecule has 5 nitrogen and oxygen atoms in total. The molecule has 7 heteroatoms. The molecular weight excluding hydrogens is 281 g/mol. The van der Waals surface area contributed by atoms with Crippen LogP contribution < -0.4 is 10.5 Å². The number of hydrogen-bond acceptors (Lipinski definition) is 4. The number of nitrogen functional groups attached to an aromatic ring is 1.